The highest BCUT2D eigenvalue weighted by Gasteiger charge is 2.20. The average molecular weight is 228 g/mol. The van der Waals surface area contributed by atoms with Crippen molar-refractivity contribution in [2.24, 2.45) is 5.92 Å². The van der Waals surface area contributed by atoms with Crippen LogP contribution in [-0.2, 0) is 9.53 Å². The molecule has 1 fully saturated rings. The van der Waals surface area contributed by atoms with Crippen molar-refractivity contribution in [3.63, 3.8) is 0 Å². The first-order chi connectivity index (χ1) is 7.72. The van der Waals surface area contributed by atoms with Gasteiger partial charge in [-0.25, -0.2) is 0 Å². The molecule has 1 aliphatic rings. The molecular weight excluding hydrogens is 204 g/mol. The first-order valence-electron chi connectivity index (χ1n) is 6.30. The fourth-order valence-corrected chi connectivity index (χ4v) is 1.31. The van der Waals surface area contributed by atoms with Crippen LogP contribution in [0.5, 0.6) is 0 Å². The lowest BCUT2D eigenvalue weighted by Crippen LogP contribution is -2.39. The van der Waals surface area contributed by atoms with Crippen LogP contribution in [0.3, 0.4) is 0 Å². The number of carbonyl (C=O) groups excluding carboxylic acids is 1. The summed E-state index contributed by atoms with van der Waals surface area (Å²) in [6.45, 7) is 6.80. The second-order valence-corrected chi connectivity index (χ2v) is 4.57. The first kappa shape index (κ1) is 13.5. The van der Waals surface area contributed by atoms with Crippen molar-refractivity contribution in [2.75, 3.05) is 26.3 Å². The molecule has 0 spiro atoms. The number of nitrogens with one attached hydrogen (secondary N) is 2. The van der Waals surface area contributed by atoms with Crippen LogP contribution in [0.2, 0.25) is 0 Å². The van der Waals surface area contributed by atoms with E-state index in [4.69, 9.17) is 4.74 Å². The Morgan fingerprint density at radius 2 is 2.25 bits per heavy atom. The van der Waals surface area contributed by atoms with Gasteiger partial charge in [-0.3, -0.25) is 4.79 Å². The van der Waals surface area contributed by atoms with E-state index in [0.717, 1.165) is 25.5 Å². The molecule has 1 aliphatic carbocycles. The summed E-state index contributed by atoms with van der Waals surface area (Å²) in [5.74, 6) is 0.880. The van der Waals surface area contributed by atoms with Crippen molar-refractivity contribution in [3.8, 4) is 0 Å². The number of ether oxygens (including phenoxy) is 1. The van der Waals surface area contributed by atoms with Gasteiger partial charge in [-0.2, -0.15) is 0 Å². The largest absolute Gasteiger partial charge is 0.380 e. The van der Waals surface area contributed by atoms with E-state index in [0.29, 0.717) is 13.2 Å². The molecule has 0 saturated heterocycles. The van der Waals surface area contributed by atoms with E-state index in [9.17, 15) is 4.79 Å². The summed E-state index contributed by atoms with van der Waals surface area (Å²) in [4.78, 5) is 11.3. The SMILES string of the molecule is CCC(C)NC(=O)CNCCOCC1CC1. The van der Waals surface area contributed by atoms with Crippen LogP contribution in [0.25, 0.3) is 0 Å². The fraction of sp³-hybridized carbons (Fsp3) is 0.917. The van der Waals surface area contributed by atoms with Gasteiger partial charge < -0.3 is 15.4 Å². The maximum atomic E-state index is 11.3. The molecule has 0 aromatic heterocycles. The smallest absolute Gasteiger partial charge is 0.234 e. The van der Waals surface area contributed by atoms with Gasteiger partial charge >= 0.3 is 0 Å². The Hall–Kier alpha value is -0.610. The minimum absolute atomic E-state index is 0.0662. The molecule has 1 amide bonds. The fourth-order valence-electron chi connectivity index (χ4n) is 1.31. The summed E-state index contributed by atoms with van der Waals surface area (Å²) in [6.07, 6.45) is 3.62. The minimum Gasteiger partial charge on any atom is -0.380 e. The van der Waals surface area contributed by atoms with Gasteiger partial charge in [-0.1, -0.05) is 6.92 Å². The zero-order valence-electron chi connectivity index (χ0n) is 10.4. The zero-order valence-corrected chi connectivity index (χ0v) is 10.4. The van der Waals surface area contributed by atoms with Gasteiger partial charge in [0.15, 0.2) is 0 Å². The van der Waals surface area contributed by atoms with Crippen LogP contribution in [-0.4, -0.2) is 38.3 Å². The van der Waals surface area contributed by atoms with Gasteiger partial charge in [0.05, 0.1) is 13.2 Å². The van der Waals surface area contributed by atoms with Gasteiger partial charge in [0.1, 0.15) is 0 Å². The topological polar surface area (TPSA) is 50.4 Å². The van der Waals surface area contributed by atoms with E-state index in [2.05, 4.69) is 17.6 Å². The molecule has 1 unspecified atom stereocenters. The van der Waals surface area contributed by atoms with Crippen LogP contribution in [0, 0.1) is 5.92 Å². The lowest BCUT2D eigenvalue weighted by atomic mass is 10.2. The molecule has 0 aliphatic heterocycles. The van der Waals surface area contributed by atoms with Crippen LogP contribution in [0.1, 0.15) is 33.1 Å². The molecular formula is C12H24N2O2. The number of amides is 1. The summed E-state index contributed by atoms with van der Waals surface area (Å²) < 4.78 is 5.45. The van der Waals surface area contributed by atoms with Crippen molar-refractivity contribution in [2.45, 2.75) is 39.2 Å². The van der Waals surface area contributed by atoms with Crippen molar-refractivity contribution in [1.82, 2.24) is 10.6 Å². The Bertz CT molecular complexity index is 205. The molecule has 0 aromatic carbocycles. The van der Waals surface area contributed by atoms with E-state index in [-0.39, 0.29) is 11.9 Å². The Morgan fingerprint density at radius 1 is 1.50 bits per heavy atom. The first-order valence-corrected chi connectivity index (χ1v) is 6.30. The molecule has 0 bridgehead atoms. The van der Waals surface area contributed by atoms with E-state index in [1.165, 1.54) is 12.8 Å². The molecule has 4 heteroatoms. The number of hydrogen-bond donors (Lipinski definition) is 2. The third kappa shape index (κ3) is 6.80. The highest BCUT2D eigenvalue weighted by Crippen LogP contribution is 2.28. The molecule has 0 heterocycles. The molecule has 1 rings (SSSR count). The molecule has 1 atom stereocenters. The van der Waals surface area contributed by atoms with Crippen molar-refractivity contribution < 1.29 is 9.53 Å². The van der Waals surface area contributed by atoms with Crippen LogP contribution in [0.4, 0.5) is 0 Å². The summed E-state index contributed by atoms with van der Waals surface area (Å²) >= 11 is 0. The van der Waals surface area contributed by atoms with Gasteiger partial charge in [-0.05, 0) is 32.1 Å². The molecule has 4 nitrogen and oxygen atoms in total. The summed E-state index contributed by atoms with van der Waals surface area (Å²) in [5, 5.41) is 5.98. The Labute approximate surface area is 98.1 Å². The standard InChI is InChI=1S/C12H24N2O2/c1-3-10(2)14-12(15)8-13-6-7-16-9-11-4-5-11/h10-11,13H,3-9H2,1-2H3,(H,14,15). The highest BCUT2D eigenvalue weighted by atomic mass is 16.5. The monoisotopic (exact) mass is 228 g/mol. The minimum atomic E-state index is 0.0662. The van der Waals surface area contributed by atoms with E-state index in [1.54, 1.807) is 0 Å². The van der Waals surface area contributed by atoms with Crippen LogP contribution in [0.15, 0.2) is 0 Å². The number of hydrogen-bond acceptors (Lipinski definition) is 3. The van der Waals surface area contributed by atoms with E-state index >= 15 is 0 Å². The van der Waals surface area contributed by atoms with Crippen molar-refractivity contribution >= 4 is 5.91 Å². The molecule has 94 valence electrons. The number of carbonyl (C=O) groups is 1. The maximum absolute atomic E-state index is 11.3. The van der Waals surface area contributed by atoms with Crippen molar-refractivity contribution in [1.29, 1.82) is 0 Å². The Kier molecular flexibility index (Phi) is 6.42. The Morgan fingerprint density at radius 3 is 2.88 bits per heavy atom. The molecule has 0 radical (unpaired) electrons. The van der Waals surface area contributed by atoms with E-state index in [1.807, 2.05) is 6.92 Å². The van der Waals surface area contributed by atoms with Crippen LogP contribution < -0.4 is 10.6 Å². The summed E-state index contributed by atoms with van der Waals surface area (Å²) in [7, 11) is 0. The maximum Gasteiger partial charge on any atom is 0.234 e. The van der Waals surface area contributed by atoms with E-state index < -0.39 is 0 Å². The van der Waals surface area contributed by atoms with Gasteiger partial charge in [-0.15, -0.1) is 0 Å². The van der Waals surface area contributed by atoms with Gasteiger partial charge in [0, 0.05) is 19.2 Å². The molecule has 1 saturated carbocycles. The van der Waals surface area contributed by atoms with Gasteiger partial charge in [0.25, 0.3) is 0 Å². The third-order valence-electron chi connectivity index (χ3n) is 2.78. The molecule has 0 aromatic rings. The molecule has 2 N–H and O–H groups in total. The Balaban J connectivity index is 1.83. The lowest BCUT2D eigenvalue weighted by Gasteiger charge is -2.11. The predicted molar refractivity (Wildman–Crippen MR) is 64.3 cm³/mol. The predicted octanol–water partition coefficient (Wildman–Crippen LogP) is 0.917. The lowest BCUT2D eigenvalue weighted by molar-refractivity contribution is -0.120. The number of rotatable bonds is 9. The molecule has 16 heavy (non-hydrogen) atoms. The highest BCUT2D eigenvalue weighted by molar-refractivity contribution is 5.78. The summed E-state index contributed by atoms with van der Waals surface area (Å²) in [5.41, 5.74) is 0. The normalized spacial score (nSPS) is 17.1. The quantitative estimate of drug-likeness (QED) is 0.577. The zero-order chi connectivity index (χ0) is 11.8. The van der Waals surface area contributed by atoms with Crippen LogP contribution >= 0.6 is 0 Å². The van der Waals surface area contributed by atoms with Crippen molar-refractivity contribution in [3.05, 3.63) is 0 Å². The summed E-state index contributed by atoms with van der Waals surface area (Å²) in [6, 6.07) is 0.264. The van der Waals surface area contributed by atoms with Gasteiger partial charge in [0.2, 0.25) is 5.91 Å². The third-order valence-corrected chi connectivity index (χ3v) is 2.78. The average Bonchev–Trinajstić information content (AvgIpc) is 3.06. The second-order valence-electron chi connectivity index (χ2n) is 4.57. The second kappa shape index (κ2) is 7.63.